The summed E-state index contributed by atoms with van der Waals surface area (Å²) in [7, 11) is 1.93. The fourth-order valence-corrected chi connectivity index (χ4v) is 3.09. The second-order valence-electron chi connectivity index (χ2n) is 5.65. The number of aromatic nitrogens is 2. The van der Waals surface area contributed by atoms with Crippen LogP contribution in [-0.4, -0.2) is 39.0 Å². The molecule has 2 aromatic rings. The molecular weight excluding hydrogens is 269 g/mol. The number of rotatable bonds is 4. The summed E-state index contributed by atoms with van der Waals surface area (Å²) in [5, 5.41) is 14.1. The molecule has 2 atom stereocenters. The van der Waals surface area contributed by atoms with Gasteiger partial charge in [-0.25, -0.2) is 4.39 Å². The van der Waals surface area contributed by atoms with Crippen molar-refractivity contribution in [1.82, 2.24) is 14.7 Å². The molecule has 1 N–H and O–H groups in total. The van der Waals surface area contributed by atoms with Crippen LogP contribution >= 0.6 is 0 Å². The molecule has 21 heavy (non-hydrogen) atoms. The number of halogens is 1. The predicted octanol–water partition coefficient (Wildman–Crippen LogP) is 1.91. The van der Waals surface area contributed by atoms with Crippen molar-refractivity contribution in [2.24, 2.45) is 7.05 Å². The van der Waals surface area contributed by atoms with Crippen molar-refractivity contribution in [2.45, 2.75) is 25.0 Å². The minimum atomic E-state index is -0.343. The van der Waals surface area contributed by atoms with E-state index in [1.165, 1.54) is 6.07 Å². The normalized spacial score (nSPS) is 22.8. The average molecular weight is 289 g/mol. The summed E-state index contributed by atoms with van der Waals surface area (Å²) >= 11 is 0. The van der Waals surface area contributed by atoms with Crippen LogP contribution in [-0.2, 0) is 13.5 Å². The van der Waals surface area contributed by atoms with Gasteiger partial charge in [-0.1, -0.05) is 12.1 Å². The lowest BCUT2D eigenvalue weighted by Gasteiger charge is -2.24. The highest BCUT2D eigenvalue weighted by atomic mass is 19.1. The van der Waals surface area contributed by atoms with Gasteiger partial charge in [0.2, 0.25) is 0 Å². The molecule has 2 heterocycles. The largest absolute Gasteiger partial charge is 0.392 e. The first-order valence-corrected chi connectivity index (χ1v) is 7.28. The van der Waals surface area contributed by atoms with Crippen LogP contribution < -0.4 is 0 Å². The summed E-state index contributed by atoms with van der Waals surface area (Å²) in [6, 6.07) is 8.78. The van der Waals surface area contributed by atoms with Crippen molar-refractivity contribution in [3.8, 4) is 0 Å². The molecule has 112 valence electrons. The molecule has 0 saturated carbocycles. The summed E-state index contributed by atoms with van der Waals surface area (Å²) in [6.45, 7) is 1.47. The van der Waals surface area contributed by atoms with E-state index >= 15 is 0 Å². The maximum atomic E-state index is 13.4. The first kappa shape index (κ1) is 14.2. The van der Waals surface area contributed by atoms with Crippen molar-refractivity contribution in [3.63, 3.8) is 0 Å². The molecule has 0 aliphatic carbocycles. The lowest BCUT2D eigenvalue weighted by atomic mass is 10.0. The Morgan fingerprint density at radius 2 is 2.24 bits per heavy atom. The Balaban J connectivity index is 1.72. The molecule has 4 nitrogen and oxygen atoms in total. The van der Waals surface area contributed by atoms with Crippen LogP contribution in [0.5, 0.6) is 0 Å². The predicted molar refractivity (Wildman–Crippen MR) is 78.2 cm³/mol. The van der Waals surface area contributed by atoms with Crippen LogP contribution in [0.4, 0.5) is 4.39 Å². The number of aryl methyl sites for hydroxylation is 1. The number of nitrogens with zero attached hydrogens (tertiary/aromatic N) is 3. The zero-order valence-corrected chi connectivity index (χ0v) is 12.1. The number of aliphatic hydroxyl groups excluding tert-OH is 1. The van der Waals surface area contributed by atoms with Gasteiger partial charge in [0, 0.05) is 44.5 Å². The van der Waals surface area contributed by atoms with E-state index in [-0.39, 0.29) is 18.0 Å². The first-order chi connectivity index (χ1) is 10.1. The summed E-state index contributed by atoms with van der Waals surface area (Å²) in [4.78, 5) is 2.23. The fourth-order valence-electron chi connectivity index (χ4n) is 3.09. The molecule has 1 aliphatic heterocycles. The summed E-state index contributed by atoms with van der Waals surface area (Å²) in [5.74, 6) is -0.222. The Morgan fingerprint density at radius 1 is 1.38 bits per heavy atom. The second-order valence-corrected chi connectivity index (χ2v) is 5.65. The van der Waals surface area contributed by atoms with Gasteiger partial charge in [0.15, 0.2) is 0 Å². The topological polar surface area (TPSA) is 41.3 Å². The third-order valence-corrected chi connectivity index (χ3v) is 4.19. The van der Waals surface area contributed by atoms with Crippen molar-refractivity contribution in [2.75, 3.05) is 13.1 Å². The SMILES string of the molecule is Cn1nccc1CCN1C[C@H](O)C[C@@H]1c1cccc(F)c1. The van der Waals surface area contributed by atoms with Gasteiger partial charge in [-0.15, -0.1) is 0 Å². The van der Waals surface area contributed by atoms with Crippen molar-refractivity contribution < 1.29 is 9.50 Å². The van der Waals surface area contributed by atoms with E-state index in [4.69, 9.17) is 0 Å². The van der Waals surface area contributed by atoms with E-state index in [2.05, 4.69) is 10.00 Å². The maximum Gasteiger partial charge on any atom is 0.123 e. The van der Waals surface area contributed by atoms with E-state index in [0.717, 1.165) is 24.2 Å². The van der Waals surface area contributed by atoms with Gasteiger partial charge < -0.3 is 5.11 Å². The van der Waals surface area contributed by atoms with E-state index in [1.807, 2.05) is 23.9 Å². The molecule has 0 radical (unpaired) electrons. The molecule has 1 aromatic carbocycles. The summed E-state index contributed by atoms with van der Waals surface area (Å²) in [5.41, 5.74) is 2.10. The van der Waals surface area contributed by atoms with Crippen LogP contribution in [0.2, 0.25) is 0 Å². The van der Waals surface area contributed by atoms with Gasteiger partial charge in [-0.3, -0.25) is 9.58 Å². The standard InChI is InChI=1S/C16H20FN3O/c1-19-14(5-7-18-19)6-8-20-11-15(21)10-16(20)12-3-2-4-13(17)9-12/h2-5,7,9,15-16,21H,6,8,10-11H2,1H3/t15-,16-/m1/s1. The van der Waals surface area contributed by atoms with E-state index in [9.17, 15) is 9.50 Å². The molecule has 5 heteroatoms. The number of aliphatic hydroxyl groups is 1. The molecule has 3 rings (SSSR count). The Bertz CT molecular complexity index is 613. The van der Waals surface area contributed by atoms with Crippen LogP contribution in [0.1, 0.15) is 23.7 Å². The lowest BCUT2D eigenvalue weighted by Crippen LogP contribution is -2.27. The van der Waals surface area contributed by atoms with Gasteiger partial charge in [-0.05, 0) is 30.2 Å². The Labute approximate surface area is 123 Å². The molecule has 1 aromatic heterocycles. The van der Waals surface area contributed by atoms with Crippen LogP contribution in [0.3, 0.4) is 0 Å². The van der Waals surface area contributed by atoms with E-state index < -0.39 is 0 Å². The minimum absolute atomic E-state index is 0.0870. The van der Waals surface area contributed by atoms with Gasteiger partial charge in [0.1, 0.15) is 5.82 Å². The second kappa shape index (κ2) is 5.95. The maximum absolute atomic E-state index is 13.4. The zero-order chi connectivity index (χ0) is 14.8. The van der Waals surface area contributed by atoms with Crippen LogP contribution in [0.25, 0.3) is 0 Å². The smallest absolute Gasteiger partial charge is 0.123 e. The molecule has 1 saturated heterocycles. The van der Waals surface area contributed by atoms with E-state index in [1.54, 1.807) is 18.3 Å². The third-order valence-electron chi connectivity index (χ3n) is 4.19. The zero-order valence-electron chi connectivity index (χ0n) is 12.1. The first-order valence-electron chi connectivity index (χ1n) is 7.28. The van der Waals surface area contributed by atoms with Crippen LogP contribution in [0, 0.1) is 5.82 Å². The molecule has 0 bridgehead atoms. The van der Waals surface area contributed by atoms with Gasteiger partial charge in [-0.2, -0.15) is 5.10 Å². The average Bonchev–Trinajstić information content (AvgIpc) is 3.02. The molecule has 0 amide bonds. The number of likely N-dealkylation sites (tertiary alicyclic amines) is 1. The summed E-state index contributed by atoms with van der Waals surface area (Å²) in [6.07, 6.45) is 2.98. The van der Waals surface area contributed by atoms with Crippen LogP contribution in [0.15, 0.2) is 36.5 Å². The number of β-amino-alcohol motifs (C(OH)–C–C–N with tert-alkyl or cyclic N) is 1. The molecule has 0 spiro atoms. The van der Waals surface area contributed by atoms with Crippen molar-refractivity contribution >= 4 is 0 Å². The Hall–Kier alpha value is -1.72. The highest BCUT2D eigenvalue weighted by Crippen LogP contribution is 2.32. The van der Waals surface area contributed by atoms with Gasteiger partial charge >= 0.3 is 0 Å². The van der Waals surface area contributed by atoms with Crippen molar-refractivity contribution in [1.29, 1.82) is 0 Å². The lowest BCUT2D eigenvalue weighted by molar-refractivity contribution is 0.175. The van der Waals surface area contributed by atoms with Gasteiger partial charge in [0.05, 0.1) is 6.10 Å². The quantitative estimate of drug-likeness (QED) is 0.935. The monoisotopic (exact) mass is 289 g/mol. The highest BCUT2D eigenvalue weighted by molar-refractivity contribution is 5.22. The fraction of sp³-hybridized carbons (Fsp3) is 0.438. The number of benzene rings is 1. The molecule has 1 fully saturated rings. The number of hydrogen-bond donors (Lipinski definition) is 1. The Kier molecular flexibility index (Phi) is 4.03. The van der Waals surface area contributed by atoms with Crippen molar-refractivity contribution in [3.05, 3.63) is 53.6 Å². The third kappa shape index (κ3) is 3.14. The Morgan fingerprint density at radius 3 is 2.95 bits per heavy atom. The van der Waals surface area contributed by atoms with E-state index in [0.29, 0.717) is 13.0 Å². The van der Waals surface area contributed by atoms with Gasteiger partial charge in [0.25, 0.3) is 0 Å². The highest BCUT2D eigenvalue weighted by Gasteiger charge is 2.31. The minimum Gasteiger partial charge on any atom is -0.392 e. The number of hydrogen-bond acceptors (Lipinski definition) is 3. The molecular formula is C16H20FN3O. The molecule has 1 aliphatic rings. The summed E-state index contributed by atoms with van der Waals surface area (Å²) < 4.78 is 15.3. The molecule has 0 unspecified atom stereocenters.